The Hall–Kier alpha value is -2.50. The molecule has 6 heteroatoms. The minimum Gasteiger partial charge on any atom is -0.497 e. The van der Waals surface area contributed by atoms with E-state index in [2.05, 4.69) is 0 Å². The molecule has 0 spiro atoms. The number of fused-ring (bicyclic) bond motifs is 1. The predicted octanol–water partition coefficient (Wildman–Crippen LogP) is 4.20. The van der Waals surface area contributed by atoms with Crippen LogP contribution in [-0.4, -0.2) is 11.7 Å². The van der Waals surface area contributed by atoms with Gasteiger partial charge in [-0.25, -0.2) is 17.6 Å². The molecule has 2 aromatic carbocycles. The molecule has 0 saturated carbocycles. The zero-order chi connectivity index (χ0) is 15.1. The number of ether oxygens (including phenoxy) is 1. The molecule has 3 aromatic rings. The highest BCUT2D eigenvalue weighted by atomic mass is 19.2. The van der Waals surface area contributed by atoms with Crippen LogP contribution in [0.5, 0.6) is 5.75 Å². The minimum absolute atomic E-state index is 0.323. The maximum Gasteiger partial charge on any atom is 0.196 e. The third kappa shape index (κ3) is 2.03. The van der Waals surface area contributed by atoms with Gasteiger partial charge in [0, 0.05) is 17.6 Å². The summed E-state index contributed by atoms with van der Waals surface area (Å²) in [6, 6.07) is 6.77. The number of benzene rings is 2. The first kappa shape index (κ1) is 13.5. The third-order valence-corrected chi connectivity index (χ3v) is 3.23. The first-order valence-electron chi connectivity index (χ1n) is 6.01. The van der Waals surface area contributed by atoms with Gasteiger partial charge in [-0.3, -0.25) is 0 Å². The van der Waals surface area contributed by atoms with E-state index in [0.717, 1.165) is 4.57 Å². The zero-order valence-electron chi connectivity index (χ0n) is 10.8. The second-order valence-corrected chi connectivity index (χ2v) is 4.43. The molecule has 0 bridgehead atoms. The molecule has 0 saturated heterocycles. The van der Waals surface area contributed by atoms with E-state index in [-0.39, 0.29) is 0 Å². The van der Waals surface area contributed by atoms with Crippen molar-refractivity contribution >= 4 is 10.9 Å². The van der Waals surface area contributed by atoms with E-state index in [1.165, 1.54) is 13.3 Å². The van der Waals surface area contributed by atoms with Crippen LogP contribution >= 0.6 is 0 Å². The molecule has 2 nitrogen and oxygen atoms in total. The molecule has 0 aliphatic heterocycles. The van der Waals surface area contributed by atoms with Crippen LogP contribution in [0, 0.1) is 23.3 Å². The molecule has 0 fully saturated rings. The Morgan fingerprint density at radius 1 is 0.905 bits per heavy atom. The molecule has 0 N–H and O–H groups in total. The van der Waals surface area contributed by atoms with Crippen LogP contribution in [0.2, 0.25) is 0 Å². The summed E-state index contributed by atoms with van der Waals surface area (Å²) in [7, 11) is 1.49. The van der Waals surface area contributed by atoms with Crippen LogP contribution in [0.1, 0.15) is 0 Å². The summed E-state index contributed by atoms with van der Waals surface area (Å²) in [5.74, 6) is -5.44. The number of halogens is 4. The maximum absolute atomic E-state index is 13.9. The summed E-state index contributed by atoms with van der Waals surface area (Å²) in [5.41, 5.74) is -0.214. The average Bonchev–Trinajstić information content (AvgIpc) is 2.88. The van der Waals surface area contributed by atoms with Crippen LogP contribution in [0.25, 0.3) is 16.6 Å². The van der Waals surface area contributed by atoms with E-state index in [4.69, 9.17) is 4.74 Å². The Kier molecular flexibility index (Phi) is 3.08. The molecule has 1 heterocycles. The zero-order valence-corrected chi connectivity index (χ0v) is 10.8. The van der Waals surface area contributed by atoms with Crippen molar-refractivity contribution in [2.45, 2.75) is 0 Å². The van der Waals surface area contributed by atoms with Crippen molar-refractivity contribution in [3.8, 4) is 11.4 Å². The molecule has 3 rings (SSSR count). The standard InChI is InChI=1S/C15H9F4NO/c1-21-9-2-3-12-8(6-9)4-5-20(12)15-11(17)7-10(16)13(18)14(15)19/h2-7H,1H3. The van der Waals surface area contributed by atoms with Gasteiger partial charge in [-0.05, 0) is 24.3 Å². The highest BCUT2D eigenvalue weighted by molar-refractivity contribution is 5.83. The molecule has 0 atom stereocenters. The van der Waals surface area contributed by atoms with Crippen LogP contribution in [0.15, 0.2) is 36.5 Å². The molecule has 0 aliphatic carbocycles. The van der Waals surface area contributed by atoms with Crippen LogP contribution in [0.4, 0.5) is 17.6 Å². The van der Waals surface area contributed by atoms with Gasteiger partial charge in [0.15, 0.2) is 23.3 Å². The lowest BCUT2D eigenvalue weighted by Gasteiger charge is -2.10. The van der Waals surface area contributed by atoms with Crippen LogP contribution < -0.4 is 4.74 Å². The van der Waals surface area contributed by atoms with Crippen molar-refractivity contribution in [3.63, 3.8) is 0 Å². The van der Waals surface area contributed by atoms with Gasteiger partial charge >= 0.3 is 0 Å². The molecule has 0 aliphatic rings. The Morgan fingerprint density at radius 3 is 2.38 bits per heavy atom. The highest BCUT2D eigenvalue weighted by Crippen LogP contribution is 2.29. The number of methoxy groups -OCH3 is 1. The van der Waals surface area contributed by atoms with Gasteiger partial charge in [0.05, 0.1) is 12.6 Å². The lowest BCUT2D eigenvalue weighted by Crippen LogP contribution is -2.05. The largest absolute Gasteiger partial charge is 0.497 e. The van der Waals surface area contributed by atoms with E-state index in [1.54, 1.807) is 24.3 Å². The molecule has 108 valence electrons. The average molecular weight is 295 g/mol. The highest BCUT2D eigenvalue weighted by Gasteiger charge is 2.21. The quantitative estimate of drug-likeness (QED) is 0.393. The molecule has 0 radical (unpaired) electrons. The molecule has 0 amide bonds. The number of aromatic nitrogens is 1. The lowest BCUT2D eigenvalue weighted by atomic mass is 10.2. The number of hydrogen-bond donors (Lipinski definition) is 0. The normalized spacial score (nSPS) is 11.1. The van der Waals surface area contributed by atoms with Gasteiger partial charge in [0.25, 0.3) is 0 Å². The minimum atomic E-state index is -1.71. The molecule has 0 unspecified atom stereocenters. The molecular formula is C15H9F4NO. The van der Waals surface area contributed by atoms with Crippen molar-refractivity contribution < 1.29 is 22.3 Å². The summed E-state index contributed by atoms with van der Waals surface area (Å²) < 4.78 is 60.2. The smallest absolute Gasteiger partial charge is 0.196 e. The fourth-order valence-corrected chi connectivity index (χ4v) is 2.22. The van der Waals surface area contributed by atoms with Crippen molar-refractivity contribution in [1.29, 1.82) is 0 Å². The second kappa shape index (κ2) is 4.80. The van der Waals surface area contributed by atoms with Gasteiger partial charge in [-0.15, -0.1) is 0 Å². The fourth-order valence-electron chi connectivity index (χ4n) is 2.22. The van der Waals surface area contributed by atoms with Crippen LogP contribution in [0.3, 0.4) is 0 Å². The monoisotopic (exact) mass is 295 g/mol. The lowest BCUT2D eigenvalue weighted by molar-refractivity contribution is 0.415. The summed E-state index contributed by atoms with van der Waals surface area (Å²) in [5, 5.41) is 0.651. The topological polar surface area (TPSA) is 14.2 Å². The van der Waals surface area contributed by atoms with Crippen LogP contribution in [-0.2, 0) is 0 Å². The summed E-state index contributed by atoms with van der Waals surface area (Å²) in [4.78, 5) is 0. The van der Waals surface area contributed by atoms with Gasteiger partial charge < -0.3 is 9.30 Å². The predicted molar refractivity (Wildman–Crippen MR) is 69.7 cm³/mol. The summed E-state index contributed by atoms with van der Waals surface area (Å²) in [6.45, 7) is 0. The number of hydrogen-bond acceptors (Lipinski definition) is 1. The second-order valence-electron chi connectivity index (χ2n) is 4.43. The maximum atomic E-state index is 13.9. The third-order valence-electron chi connectivity index (χ3n) is 3.23. The van der Waals surface area contributed by atoms with Crippen molar-refractivity contribution in [2.24, 2.45) is 0 Å². The van der Waals surface area contributed by atoms with E-state index in [9.17, 15) is 17.6 Å². The fraction of sp³-hybridized carbons (Fsp3) is 0.0667. The molecular weight excluding hydrogens is 286 g/mol. The van der Waals surface area contributed by atoms with Crippen molar-refractivity contribution in [1.82, 2.24) is 4.57 Å². The summed E-state index contributed by atoms with van der Waals surface area (Å²) >= 11 is 0. The molecule has 1 aromatic heterocycles. The van der Waals surface area contributed by atoms with Gasteiger partial charge in [-0.1, -0.05) is 0 Å². The van der Waals surface area contributed by atoms with E-state index in [1.807, 2.05) is 0 Å². The van der Waals surface area contributed by atoms with E-state index < -0.39 is 29.0 Å². The summed E-state index contributed by atoms with van der Waals surface area (Å²) in [6.07, 6.45) is 1.38. The first-order chi connectivity index (χ1) is 10.0. The number of rotatable bonds is 2. The SMILES string of the molecule is COc1ccc2c(ccn2-c2c(F)cc(F)c(F)c2F)c1. The van der Waals surface area contributed by atoms with Gasteiger partial charge in [-0.2, -0.15) is 0 Å². The Balaban J connectivity index is 2.29. The van der Waals surface area contributed by atoms with Crippen molar-refractivity contribution in [2.75, 3.05) is 7.11 Å². The van der Waals surface area contributed by atoms with E-state index in [0.29, 0.717) is 22.7 Å². The van der Waals surface area contributed by atoms with Gasteiger partial charge in [0.1, 0.15) is 11.4 Å². The number of nitrogens with zero attached hydrogens (tertiary/aromatic N) is 1. The first-order valence-corrected chi connectivity index (χ1v) is 6.01. The van der Waals surface area contributed by atoms with Crippen molar-refractivity contribution in [3.05, 3.63) is 59.8 Å². The Bertz CT molecular complexity index is 841. The van der Waals surface area contributed by atoms with E-state index >= 15 is 0 Å². The Labute approximate surface area is 117 Å². The Morgan fingerprint density at radius 2 is 1.67 bits per heavy atom. The molecule has 21 heavy (non-hydrogen) atoms. The van der Waals surface area contributed by atoms with Gasteiger partial charge in [0.2, 0.25) is 0 Å².